The Kier molecular flexibility index (Phi) is 6.54. The molecule has 0 aromatic carbocycles. The lowest BCUT2D eigenvalue weighted by Crippen LogP contribution is -2.59. The summed E-state index contributed by atoms with van der Waals surface area (Å²) in [6.45, 7) is 0.281. The number of alkyl halides is 2. The quantitative estimate of drug-likeness (QED) is 0.421. The van der Waals surface area contributed by atoms with E-state index in [-0.39, 0.29) is 24.7 Å². The maximum Gasteiger partial charge on any atom is 0.407 e. The number of hydrogen-bond donors (Lipinski definition) is 1. The van der Waals surface area contributed by atoms with E-state index in [1.54, 1.807) is 0 Å². The van der Waals surface area contributed by atoms with Gasteiger partial charge < -0.3 is 14.6 Å². The summed E-state index contributed by atoms with van der Waals surface area (Å²) >= 11 is 0. The molecule has 0 saturated heterocycles. The van der Waals surface area contributed by atoms with Crippen molar-refractivity contribution in [3.63, 3.8) is 0 Å². The van der Waals surface area contributed by atoms with Gasteiger partial charge in [0.15, 0.2) is 10.1 Å². The molecule has 6 nitrogen and oxygen atoms in total. The number of halogens is 2. The zero-order chi connectivity index (χ0) is 20.4. The standard InChI is InChI=1S/C19H31F2NO5S/c20-19(21,28(24,25)26)6-4-2-1-3-5-7-27-17(23)22-18-11-14-8-15(12-18)10-16(9-14)13-18/h14-16H,1-13H2,(H,22,23)(H,24,25,26)/p-1. The molecule has 4 bridgehead atoms. The van der Waals surface area contributed by atoms with E-state index in [0.717, 1.165) is 37.0 Å². The number of alkyl carbamates (subject to hydrolysis) is 1. The van der Waals surface area contributed by atoms with Crippen molar-refractivity contribution in [3.8, 4) is 0 Å². The Morgan fingerprint density at radius 1 is 1.00 bits per heavy atom. The number of amides is 1. The molecule has 0 aromatic heterocycles. The zero-order valence-electron chi connectivity index (χ0n) is 16.1. The number of carbonyl (C=O) groups is 1. The third kappa shape index (κ3) is 5.34. The van der Waals surface area contributed by atoms with Crippen LogP contribution in [0.3, 0.4) is 0 Å². The Labute approximate surface area is 165 Å². The monoisotopic (exact) mass is 422 g/mol. The Morgan fingerprint density at radius 3 is 2.04 bits per heavy atom. The SMILES string of the molecule is O=C(NC12CC3CC(CC(C3)C1)C2)OCCCCCCCC(F)(F)S(=O)(=O)[O-]. The molecule has 4 fully saturated rings. The molecule has 4 rings (SSSR count). The molecule has 4 aliphatic rings. The molecule has 0 aromatic rings. The van der Waals surface area contributed by atoms with Crippen molar-refractivity contribution < 1.29 is 31.3 Å². The van der Waals surface area contributed by atoms with Gasteiger partial charge in [0.25, 0.3) is 0 Å². The molecule has 0 aliphatic heterocycles. The highest BCUT2D eigenvalue weighted by atomic mass is 32.2. The van der Waals surface area contributed by atoms with Crippen LogP contribution in [-0.4, -0.2) is 36.5 Å². The highest BCUT2D eigenvalue weighted by molar-refractivity contribution is 7.86. The molecule has 28 heavy (non-hydrogen) atoms. The first-order chi connectivity index (χ1) is 13.1. The lowest BCUT2D eigenvalue weighted by atomic mass is 9.53. The average molecular weight is 423 g/mol. The molecular weight excluding hydrogens is 392 g/mol. The average Bonchev–Trinajstić information content (AvgIpc) is 2.54. The maximum absolute atomic E-state index is 13.0. The minimum atomic E-state index is -5.58. The fraction of sp³-hybridized carbons (Fsp3) is 0.947. The van der Waals surface area contributed by atoms with Gasteiger partial charge in [-0.2, -0.15) is 8.78 Å². The Morgan fingerprint density at radius 2 is 1.50 bits per heavy atom. The Balaban J connectivity index is 1.25. The summed E-state index contributed by atoms with van der Waals surface area (Å²) < 4.78 is 62.5. The van der Waals surface area contributed by atoms with Gasteiger partial charge in [-0.1, -0.05) is 19.3 Å². The number of carbonyl (C=O) groups excluding carboxylic acids is 1. The van der Waals surface area contributed by atoms with Crippen LogP contribution in [0.1, 0.15) is 77.0 Å². The Hall–Kier alpha value is -0.960. The second-order valence-corrected chi connectivity index (χ2v) is 10.6. The summed E-state index contributed by atoms with van der Waals surface area (Å²) in [5.74, 6) is 2.24. The normalized spacial score (nSPS) is 31.8. The van der Waals surface area contributed by atoms with Crippen LogP contribution in [0.4, 0.5) is 13.6 Å². The summed E-state index contributed by atoms with van der Waals surface area (Å²) in [6, 6.07) is 0. The summed E-state index contributed by atoms with van der Waals surface area (Å²) in [6.07, 6.45) is 8.15. The van der Waals surface area contributed by atoms with Gasteiger partial charge in [0, 0.05) is 12.0 Å². The highest BCUT2D eigenvalue weighted by Crippen LogP contribution is 2.55. The van der Waals surface area contributed by atoms with Gasteiger partial charge in [0.05, 0.1) is 6.61 Å². The van der Waals surface area contributed by atoms with Crippen molar-refractivity contribution in [2.75, 3.05) is 6.61 Å². The second-order valence-electron chi connectivity index (χ2n) is 9.07. The summed E-state index contributed by atoms with van der Waals surface area (Å²) in [5, 5.41) is -1.05. The van der Waals surface area contributed by atoms with Gasteiger partial charge in [-0.25, -0.2) is 13.2 Å². The molecule has 4 saturated carbocycles. The predicted octanol–water partition coefficient (Wildman–Crippen LogP) is 4.16. The molecule has 0 atom stereocenters. The number of rotatable bonds is 10. The van der Waals surface area contributed by atoms with Gasteiger partial charge in [-0.3, -0.25) is 0 Å². The number of ether oxygens (including phenoxy) is 1. The Bertz CT molecular complexity index is 632. The lowest BCUT2D eigenvalue weighted by molar-refractivity contribution is -0.0191. The highest BCUT2D eigenvalue weighted by Gasteiger charge is 2.51. The fourth-order valence-electron chi connectivity index (χ4n) is 5.77. The zero-order valence-corrected chi connectivity index (χ0v) is 16.9. The van der Waals surface area contributed by atoms with Crippen LogP contribution in [0.25, 0.3) is 0 Å². The van der Waals surface area contributed by atoms with E-state index in [9.17, 15) is 26.5 Å². The van der Waals surface area contributed by atoms with Crippen LogP contribution in [0, 0.1) is 17.8 Å². The van der Waals surface area contributed by atoms with Gasteiger partial charge in [0.2, 0.25) is 0 Å². The number of hydrogen-bond acceptors (Lipinski definition) is 5. The van der Waals surface area contributed by atoms with Crippen LogP contribution in [-0.2, 0) is 14.9 Å². The molecule has 4 aliphatic carbocycles. The first-order valence-corrected chi connectivity index (χ1v) is 11.8. The van der Waals surface area contributed by atoms with Crippen molar-refractivity contribution in [3.05, 3.63) is 0 Å². The number of nitrogens with one attached hydrogen (secondary N) is 1. The van der Waals surface area contributed by atoms with E-state index in [1.165, 1.54) is 19.3 Å². The van der Waals surface area contributed by atoms with Crippen molar-refractivity contribution in [2.24, 2.45) is 17.8 Å². The van der Waals surface area contributed by atoms with Gasteiger partial charge >= 0.3 is 11.3 Å². The first-order valence-electron chi connectivity index (χ1n) is 10.4. The van der Waals surface area contributed by atoms with E-state index in [1.807, 2.05) is 0 Å². The molecule has 0 spiro atoms. The molecule has 1 N–H and O–H groups in total. The van der Waals surface area contributed by atoms with Crippen molar-refractivity contribution >= 4 is 16.2 Å². The van der Waals surface area contributed by atoms with Crippen molar-refractivity contribution in [1.82, 2.24) is 5.32 Å². The molecule has 0 unspecified atom stereocenters. The van der Waals surface area contributed by atoms with Gasteiger partial charge in [0.1, 0.15) is 0 Å². The molecule has 0 heterocycles. The topological polar surface area (TPSA) is 95.5 Å². The van der Waals surface area contributed by atoms with Crippen LogP contribution in [0.5, 0.6) is 0 Å². The van der Waals surface area contributed by atoms with Crippen LogP contribution in [0.15, 0.2) is 0 Å². The van der Waals surface area contributed by atoms with E-state index < -0.39 is 21.8 Å². The summed E-state index contributed by atoms with van der Waals surface area (Å²) in [5.41, 5.74) is -0.0705. The first kappa shape index (κ1) is 21.7. The smallest absolute Gasteiger partial charge is 0.407 e. The van der Waals surface area contributed by atoms with Gasteiger partial charge in [-0.15, -0.1) is 0 Å². The molecule has 9 heteroatoms. The molecule has 162 valence electrons. The van der Waals surface area contributed by atoms with E-state index in [4.69, 9.17) is 4.74 Å². The van der Waals surface area contributed by atoms with Crippen LogP contribution < -0.4 is 5.32 Å². The molecular formula is C19H30F2NO5S-. The van der Waals surface area contributed by atoms with Crippen LogP contribution >= 0.6 is 0 Å². The van der Waals surface area contributed by atoms with E-state index in [2.05, 4.69) is 5.32 Å². The van der Waals surface area contributed by atoms with Crippen molar-refractivity contribution in [2.45, 2.75) is 87.8 Å². The minimum absolute atomic E-state index is 0.0260. The van der Waals surface area contributed by atoms with Crippen LogP contribution in [0.2, 0.25) is 0 Å². The largest absolute Gasteiger partial charge is 0.743 e. The maximum atomic E-state index is 13.0. The predicted molar refractivity (Wildman–Crippen MR) is 97.7 cm³/mol. The van der Waals surface area contributed by atoms with E-state index >= 15 is 0 Å². The lowest BCUT2D eigenvalue weighted by Gasteiger charge is -2.56. The number of unbranched alkanes of at least 4 members (excludes halogenated alkanes) is 4. The fourth-order valence-corrected chi connectivity index (χ4v) is 6.16. The molecule has 0 radical (unpaired) electrons. The van der Waals surface area contributed by atoms with Gasteiger partial charge in [-0.05, 0) is 69.1 Å². The minimum Gasteiger partial charge on any atom is -0.743 e. The third-order valence-corrected chi connectivity index (χ3v) is 7.55. The summed E-state index contributed by atoms with van der Waals surface area (Å²) in [4.78, 5) is 12.2. The second kappa shape index (κ2) is 8.42. The van der Waals surface area contributed by atoms with E-state index in [0.29, 0.717) is 25.7 Å². The van der Waals surface area contributed by atoms with Crippen molar-refractivity contribution in [1.29, 1.82) is 0 Å². The molecule has 1 amide bonds. The summed E-state index contributed by atoms with van der Waals surface area (Å²) in [7, 11) is -5.58. The third-order valence-electron chi connectivity index (χ3n) is 6.62.